The molecule has 0 saturated heterocycles. The first kappa shape index (κ1) is 21.5. The van der Waals surface area contributed by atoms with Crippen molar-refractivity contribution in [1.82, 2.24) is 15.2 Å². The molecule has 0 unspecified atom stereocenters. The number of methoxy groups -OCH3 is 1. The summed E-state index contributed by atoms with van der Waals surface area (Å²) in [5, 5.41) is 10.6. The Hall–Kier alpha value is -2.16. The second-order valence-electron chi connectivity index (χ2n) is 8.30. The van der Waals surface area contributed by atoms with Gasteiger partial charge in [-0.1, -0.05) is 25.3 Å². The summed E-state index contributed by atoms with van der Waals surface area (Å²) in [6.45, 7) is 2.91. The second-order valence-corrected chi connectivity index (χ2v) is 10.9. The Morgan fingerprint density at radius 1 is 1.21 bits per heavy atom. The molecular weight excluding hydrogens is 392 g/mol. The highest BCUT2D eigenvalue weighted by Crippen LogP contribution is 2.30. The van der Waals surface area contributed by atoms with Gasteiger partial charge in [-0.15, -0.1) is 10.2 Å². The number of aromatic nitrogens is 3. The van der Waals surface area contributed by atoms with E-state index in [0.717, 1.165) is 56.3 Å². The molecule has 2 N–H and O–H groups in total. The van der Waals surface area contributed by atoms with Crippen LogP contribution in [0, 0.1) is 5.92 Å². The average molecular weight is 423 g/mol. The van der Waals surface area contributed by atoms with E-state index in [2.05, 4.69) is 20.5 Å². The molecule has 160 valence electrons. The molecule has 0 aliphatic heterocycles. The highest BCUT2D eigenvalue weighted by Gasteiger charge is 2.43. The third-order valence-corrected chi connectivity index (χ3v) is 8.55. The number of ether oxygens (including phenoxy) is 1. The fraction of sp³-hybridized carbons (Fsp3) is 0.650. The number of nitrogens with one attached hydrogen (secondary N) is 2. The number of carbonyl (C=O) groups excluding carboxylic acids is 1. The van der Waals surface area contributed by atoms with Crippen LogP contribution in [0.3, 0.4) is 0 Å². The number of allylic oxidation sites excluding steroid dienone is 4. The lowest BCUT2D eigenvalue weighted by molar-refractivity contribution is -0.117. The number of rotatable bonds is 7. The van der Waals surface area contributed by atoms with Crippen molar-refractivity contribution in [2.45, 2.75) is 63.5 Å². The van der Waals surface area contributed by atoms with Crippen LogP contribution in [0.1, 0.15) is 64.6 Å². The van der Waals surface area contributed by atoms with Gasteiger partial charge in [0, 0.05) is 6.42 Å². The minimum Gasteiger partial charge on any atom is -0.501 e. The second kappa shape index (κ2) is 8.69. The monoisotopic (exact) mass is 422 g/mol. The van der Waals surface area contributed by atoms with Crippen molar-refractivity contribution in [1.29, 1.82) is 0 Å². The number of carbonyl (C=O) groups is 1. The predicted octanol–water partition coefficient (Wildman–Crippen LogP) is 3.22. The Labute approximate surface area is 172 Å². The highest BCUT2D eigenvalue weighted by molar-refractivity contribution is 7.93. The van der Waals surface area contributed by atoms with Gasteiger partial charge in [0.05, 0.1) is 18.6 Å². The van der Waals surface area contributed by atoms with E-state index >= 15 is 0 Å². The van der Waals surface area contributed by atoms with E-state index in [9.17, 15) is 13.2 Å². The van der Waals surface area contributed by atoms with Gasteiger partial charge in [0.15, 0.2) is 15.7 Å². The molecule has 1 aromatic rings. The lowest BCUT2D eigenvalue weighted by Gasteiger charge is -2.27. The van der Waals surface area contributed by atoms with Gasteiger partial charge in [-0.2, -0.15) is 0 Å². The lowest BCUT2D eigenvalue weighted by Crippen LogP contribution is -2.47. The maximum atomic E-state index is 12.9. The zero-order valence-corrected chi connectivity index (χ0v) is 18.1. The molecule has 2 aliphatic carbocycles. The number of nitrogens with zero attached hydrogens (tertiary/aromatic N) is 2. The van der Waals surface area contributed by atoms with Gasteiger partial charge < -0.3 is 9.72 Å². The maximum Gasteiger partial charge on any atom is 0.247 e. The van der Waals surface area contributed by atoms with Crippen molar-refractivity contribution in [3.63, 3.8) is 0 Å². The molecule has 2 aliphatic rings. The Bertz CT molecular complexity index is 909. The van der Waals surface area contributed by atoms with Gasteiger partial charge in [-0.25, -0.2) is 8.42 Å². The zero-order chi connectivity index (χ0) is 21.1. The Morgan fingerprint density at radius 2 is 1.93 bits per heavy atom. The number of H-pyrrole nitrogens is 1. The third-order valence-electron chi connectivity index (χ3n) is 5.90. The van der Waals surface area contributed by atoms with Gasteiger partial charge in [0.25, 0.3) is 0 Å². The van der Waals surface area contributed by atoms with Crippen LogP contribution in [0.25, 0.3) is 5.57 Å². The minimum absolute atomic E-state index is 0.0517. The van der Waals surface area contributed by atoms with E-state index in [1.165, 1.54) is 13.8 Å². The molecular formula is C20H30N4O4S. The summed E-state index contributed by atoms with van der Waals surface area (Å²) >= 11 is 0. The van der Waals surface area contributed by atoms with Crippen LogP contribution in [0.2, 0.25) is 0 Å². The van der Waals surface area contributed by atoms with Gasteiger partial charge >= 0.3 is 0 Å². The van der Waals surface area contributed by atoms with Crippen molar-refractivity contribution in [3.05, 3.63) is 23.7 Å². The molecule has 1 saturated carbocycles. The van der Waals surface area contributed by atoms with E-state index in [4.69, 9.17) is 4.74 Å². The highest BCUT2D eigenvalue weighted by atomic mass is 32.2. The number of aromatic amines is 1. The topological polar surface area (TPSA) is 114 Å². The smallest absolute Gasteiger partial charge is 0.247 e. The fourth-order valence-corrected chi connectivity index (χ4v) is 5.42. The number of sulfone groups is 1. The molecule has 1 fully saturated rings. The molecule has 1 heterocycles. The Kier molecular flexibility index (Phi) is 6.45. The summed E-state index contributed by atoms with van der Waals surface area (Å²) in [6, 6.07) is 0. The maximum absolute atomic E-state index is 12.9. The van der Waals surface area contributed by atoms with Crippen molar-refractivity contribution in [2.75, 3.05) is 18.2 Å². The van der Waals surface area contributed by atoms with Crippen molar-refractivity contribution >= 4 is 27.3 Å². The molecule has 1 aromatic heterocycles. The van der Waals surface area contributed by atoms with Crippen molar-refractivity contribution < 1.29 is 17.9 Å². The first-order chi connectivity index (χ1) is 13.7. The van der Waals surface area contributed by atoms with Crippen molar-refractivity contribution in [3.8, 4) is 0 Å². The molecule has 0 radical (unpaired) electrons. The summed E-state index contributed by atoms with van der Waals surface area (Å²) in [5.74, 6) is 1.18. The summed E-state index contributed by atoms with van der Waals surface area (Å²) in [6.07, 6.45) is 10.4. The van der Waals surface area contributed by atoms with Crippen LogP contribution in [0.4, 0.5) is 5.95 Å². The standard InChI is InChI=1S/C20H30N4O4S/c1-20(2,29(26,27)13-14-7-5-4-6-8-14)18(25)22-19-21-17(23-24-19)15-9-11-16(28-3)12-10-15/h9,11,14H,4-8,10,12-13H2,1-3H3,(H2,21,22,23,24,25). The third kappa shape index (κ3) is 4.88. The molecule has 3 rings (SSSR count). The van der Waals surface area contributed by atoms with Crippen molar-refractivity contribution in [2.24, 2.45) is 5.92 Å². The molecule has 0 atom stereocenters. The molecule has 0 spiro atoms. The molecule has 29 heavy (non-hydrogen) atoms. The molecule has 0 bridgehead atoms. The van der Waals surface area contributed by atoms with E-state index in [1.54, 1.807) is 7.11 Å². The number of amides is 1. The molecule has 0 aromatic carbocycles. The summed E-state index contributed by atoms with van der Waals surface area (Å²) in [7, 11) is -1.97. The quantitative estimate of drug-likeness (QED) is 0.697. The Balaban J connectivity index is 1.67. The zero-order valence-electron chi connectivity index (χ0n) is 17.3. The largest absolute Gasteiger partial charge is 0.501 e. The predicted molar refractivity (Wildman–Crippen MR) is 112 cm³/mol. The lowest BCUT2D eigenvalue weighted by atomic mass is 9.91. The fourth-order valence-electron chi connectivity index (χ4n) is 3.72. The minimum atomic E-state index is -3.61. The van der Waals surface area contributed by atoms with Gasteiger partial charge in [0.1, 0.15) is 4.75 Å². The molecule has 8 nitrogen and oxygen atoms in total. The average Bonchev–Trinajstić information content (AvgIpc) is 3.16. The van der Waals surface area contributed by atoms with Crippen LogP contribution < -0.4 is 5.32 Å². The van der Waals surface area contributed by atoms with E-state index in [1.807, 2.05) is 12.2 Å². The Morgan fingerprint density at radius 3 is 2.55 bits per heavy atom. The van der Waals surface area contributed by atoms with Gasteiger partial charge in [-0.05, 0) is 50.7 Å². The van der Waals surface area contributed by atoms with Crippen LogP contribution >= 0.6 is 0 Å². The molecule has 1 amide bonds. The first-order valence-electron chi connectivity index (χ1n) is 10.1. The van der Waals surface area contributed by atoms with Gasteiger partial charge in [-0.3, -0.25) is 10.1 Å². The SMILES string of the molecule is COC1=CC=C(c2nnc(NC(=O)C(C)(C)S(=O)(=O)CC3CCCCC3)[nH]2)CC1. The first-order valence-corrected chi connectivity index (χ1v) is 11.8. The number of hydrogen-bond donors (Lipinski definition) is 2. The summed E-state index contributed by atoms with van der Waals surface area (Å²) < 4.78 is 29.5. The molecule has 9 heteroatoms. The number of hydrogen-bond acceptors (Lipinski definition) is 6. The van der Waals surface area contributed by atoms with E-state index < -0.39 is 20.5 Å². The number of anilines is 1. The summed E-state index contributed by atoms with van der Waals surface area (Å²) in [4.78, 5) is 15.7. The van der Waals surface area contributed by atoms with Gasteiger partial charge in [0.2, 0.25) is 11.9 Å². The normalized spacial score (nSPS) is 18.7. The summed E-state index contributed by atoms with van der Waals surface area (Å²) in [5.41, 5.74) is 0.947. The van der Waals surface area contributed by atoms with Crippen LogP contribution in [-0.4, -0.2) is 47.1 Å². The van der Waals surface area contributed by atoms with Crippen LogP contribution in [0.15, 0.2) is 17.9 Å². The van der Waals surface area contributed by atoms with Crippen LogP contribution in [-0.2, 0) is 19.4 Å². The van der Waals surface area contributed by atoms with E-state index in [-0.39, 0.29) is 17.6 Å². The van der Waals surface area contributed by atoms with E-state index in [0.29, 0.717) is 5.82 Å². The van der Waals surface area contributed by atoms with Crippen LogP contribution in [0.5, 0.6) is 0 Å².